The van der Waals surface area contributed by atoms with Gasteiger partial charge < -0.3 is 10.2 Å². The average molecular weight is 273 g/mol. The normalized spacial score (nSPS) is 10.6. The number of thioether (sulfide) groups is 1. The average Bonchev–Trinajstić information content (AvgIpc) is 2.32. The van der Waals surface area contributed by atoms with Gasteiger partial charge in [-0.2, -0.15) is 11.8 Å². The molecule has 96 valence electrons. The molecule has 0 heterocycles. The Bertz CT molecular complexity index is 344. The van der Waals surface area contributed by atoms with Gasteiger partial charge in [0.25, 0.3) is 0 Å². The Kier molecular flexibility index (Phi) is 6.78. The van der Waals surface area contributed by atoms with E-state index in [0.717, 1.165) is 18.1 Å². The third-order valence-corrected chi connectivity index (χ3v) is 3.60. The minimum Gasteiger partial charge on any atom is -0.374 e. The second kappa shape index (κ2) is 7.85. The first-order valence-corrected chi connectivity index (χ1v) is 7.59. The first-order valence-electron chi connectivity index (χ1n) is 5.82. The van der Waals surface area contributed by atoms with E-state index < -0.39 is 0 Å². The predicted octanol–water partition coefficient (Wildman–Crippen LogP) is 3.25. The minimum absolute atomic E-state index is 0.802. The van der Waals surface area contributed by atoms with Gasteiger partial charge in [0.05, 0.1) is 0 Å². The Morgan fingerprint density at radius 1 is 1.41 bits per heavy atom. The molecule has 0 fully saturated rings. The molecule has 17 heavy (non-hydrogen) atoms. The third-order valence-electron chi connectivity index (χ3n) is 2.67. The van der Waals surface area contributed by atoms with Gasteiger partial charge >= 0.3 is 0 Å². The summed E-state index contributed by atoms with van der Waals surface area (Å²) in [6.45, 7) is 1.94. The van der Waals surface area contributed by atoms with Crippen LogP contribution in [0, 0.1) is 0 Å². The van der Waals surface area contributed by atoms with Gasteiger partial charge in [0.2, 0.25) is 0 Å². The van der Waals surface area contributed by atoms with Gasteiger partial charge in [-0.3, -0.25) is 0 Å². The maximum Gasteiger partial charge on any atom is 0.0426 e. The van der Waals surface area contributed by atoms with Crippen molar-refractivity contribution in [2.24, 2.45) is 0 Å². The maximum absolute atomic E-state index is 6.07. The number of halogens is 1. The van der Waals surface area contributed by atoms with Gasteiger partial charge in [-0.15, -0.1) is 0 Å². The van der Waals surface area contributed by atoms with Crippen molar-refractivity contribution in [3.63, 3.8) is 0 Å². The summed E-state index contributed by atoms with van der Waals surface area (Å²) in [5.74, 6) is 1.20. The fourth-order valence-corrected chi connectivity index (χ4v) is 2.38. The van der Waals surface area contributed by atoms with E-state index in [1.54, 1.807) is 0 Å². The Hall–Kier alpha value is -0.380. The first-order chi connectivity index (χ1) is 8.19. The topological polar surface area (TPSA) is 15.3 Å². The monoisotopic (exact) mass is 272 g/mol. The number of anilines is 1. The summed E-state index contributed by atoms with van der Waals surface area (Å²) in [5, 5.41) is 3.99. The fourth-order valence-electron chi connectivity index (χ4n) is 1.80. The lowest BCUT2D eigenvalue weighted by atomic mass is 10.1. The van der Waals surface area contributed by atoms with Crippen LogP contribution >= 0.6 is 23.4 Å². The molecule has 1 aromatic rings. The molecular weight excluding hydrogens is 252 g/mol. The number of benzene rings is 1. The molecule has 0 aliphatic carbocycles. The van der Waals surface area contributed by atoms with Crippen molar-refractivity contribution in [2.75, 3.05) is 37.5 Å². The van der Waals surface area contributed by atoms with E-state index in [0.29, 0.717) is 0 Å². The molecule has 0 spiro atoms. The van der Waals surface area contributed by atoms with Gasteiger partial charge in [0.1, 0.15) is 0 Å². The lowest BCUT2D eigenvalue weighted by Crippen LogP contribution is -2.21. The lowest BCUT2D eigenvalue weighted by Gasteiger charge is -2.22. The molecule has 0 atom stereocenters. The molecule has 1 aromatic carbocycles. The van der Waals surface area contributed by atoms with Crippen LogP contribution in [0.2, 0.25) is 5.02 Å². The van der Waals surface area contributed by atoms with E-state index in [-0.39, 0.29) is 0 Å². The van der Waals surface area contributed by atoms with Crippen LogP contribution in [0.25, 0.3) is 0 Å². The second-order valence-electron chi connectivity index (χ2n) is 4.07. The van der Waals surface area contributed by atoms with Crippen LogP contribution in [-0.4, -0.2) is 32.6 Å². The molecule has 0 saturated heterocycles. The molecule has 1 N–H and O–H groups in total. The highest BCUT2D eigenvalue weighted by molar-refractivity contribution is 7.98. The van der Waals surface area contributed by atoms with Crippen LogP contribution in [0.4, 0.5) is 5.69 Å². The Labute approximate surface area is 114 Å². The second-order valence-corrected chi connectivity index (χ2v) is 5.49. The molecule has 0 aromatic heterocycles. The minimum atomic E-state index is 0.802. The summed E-state index contributed by atoms with van der Waals surface area (Å²) in [4.78, 5) is 2.29. The summed E-state index contributed by atoms with van der Waals surface area (Å²) < 4.78 is 0. The van der Waals surface area contributed by atoms with E-state index in [2.05, 4.69) is 29.6 Å². The SMILES string of the molecule is CNCc1ccc(Cl)cc1N(C)CCCSC. The summed E-state index contributed by atoms with van der Waals surface area (Å²) in [6.07, 6.45) is 3.34. The van der Waals surface area contributed by atoms with Crippen molar-refractivity contribution in [2.45, 2.75) is 13.0 Å². The summed E-state index contributed by atoms with van der Waals surface area (Å²) in [5.41, 5.74) is 2.52. The number of hydrogen-bond donors (Lipinski definition) is 1. The van der Waals surface area contributed by atoms with Gasteiger partial charge in [-0.25, -0.2) is 0 Å². The van der Waals surface area contributed by atoms with Gasteiger partial charge in [-0.1, -0.05) is 17.7 Å². The highest BCUT2D eigenvalue weighted by Gasteiger charge is 2.07. The Morgan fingerprint density at radius 3 is 2.82 bits per heavy atom. The van der Waals surface area contributed by atoms with Gasteiger partial charge in [-0.05, 0) is 43.2 Å². The first kappa shape index (κ1) is 14.7. The summed E-state index contributed by atoms with van der Waals surface area (Å²) in [6, 6.07) is 6.10. The number of nitrogens with zero attached hydrogens (tertiary/aromatic N) is 1. The Balaban J connectivity index is 2.74. The molecule has 0 aliphatic rings. The molecule has 0 bridgehead atoms. The van der Waals surface area contributed by atoms with Crippen molar-refractivity contribution in [3.05, 3.63) is 28.8 Å². The van der Waals surface area contributed by atoms with E-state index >= 15 is 0 Å². The van der Waals surface area contributed by atoms with Gasteiger partial charge in [0, 0.05) is 30.8 Å². The van der Waals surface area contributed by atoms with Crippen molar-refractivity contribution in [3.8, 4) is 0 Å². The highest BCUT2D eigenvalue weighted by atomic mass is 35.5. The molecule has 0 saturated carbocycles. The van der Waals surface area contributed by atoms with Crippen LogP contribution in [0.5, 0.6) is 0 Å². The van der Waals surface area contributed by atoms with Gasteiger partial charge in [0.15, 0.2) is 0 Å². The smallest absolute Gasteiger partial charge is 0.0426 e. The van der Waals surface area contributed by atoms with Crippen molar-refractivity contribution in [1.82, 2.24) is 5.32 Å². The number of rotatable bonds is 7. The van der Waals surface area contributed by atoms with Crippen molar-refractivity contribution < 1.29 is 0 Å². The van der Waals surface area contributed by atoms with E-state index in [4.69, 9.17) is 11.6 Å². The molecule has 2 nitrogen and oxygen atoms in total. The number of nitrogens with one attached hydrogen (secondary N) is 1. The van der Waals surface area contributed by atoms with Crippen LogP contribution in [0.1, 0.15) is 12.0 Å². The van der Waals surface area contributed by atoms with Crippen molar-refractivity contribution in [1.29, 1.82) is 0 Å². The summed E-state index contributed by atoms with van der Waals surface area (Å²) >= 11 is 7.96. The van der Waals surface area contributed by atoms with Crippen molar-refractivity contribution >= 4 is 29.1 Å². The van der Waals surface area contributed by atoms with Crippen LogP contribution in [0.3, 0.4) is 0 Å². The number of hydrogen-bond acceptors (Lipinski definition) is 3. The van der Waals surface area contributed by atoms with E-state index in [1.807, 2.05) is 30.9 Å². The zero-order chi connectivity index (χ0) is 12.7. The molecule has 0 radical (unpaired) electrons. The summed E-state index contributed by atoms with van der Waals surface area (Å²) in [7, 11) is 4.09. The fraction of sp³-hybridized carbons (Fsp3) is 0.538. The molecule has 0 unspecified atom stereocenters. The predicted molar refractivity (Wildman–Crippen MR) is 80.5 cm³/mol. The van der Waals surface area contributed by atoms with Crippen LogP contribution in [-0.2, 0) is 6.54 Å². The largest absolute Gasteiger partial charge is 0.374 e. The molecular formula is C13H21ClN2S. The molecule has 0 amide bonds. The molecule has 4 heteroatoms. The van der Waals surface area contributed by atoms with E-state index in [9.17, 15) is 0 Å². The lowest BCUT2D eigenvalue weighted by molar-refractivity contribution is 0.799. The standard InChI is InChI=1S/C13H21ClN2S/c1-15-10-11-5-6-12(14)9-13(11)16(2)7-4-8-17-3/h5-6,9,15H,4,7-8,10H2,1-3H3. The third kappa shape index (κ3) is 4.78. The quantitative estimate of drug-likeness (QED) is 0.767. The van der Waals surface area contributed by atoms with Crippen LogP contribution < -0.4 is 10.2 Å². The highest BCUT2D eigenvalue weighted by Crippen LogP contribution is 2.24. The zero-order valence-corrected chi connectivity index (χ0v) is 12.4. The van der Waals surface area contributed by atoms with E-state index in [1.165, 1.54) is 23.4 Å². The molecule has 0 aliphatic heterocycles. The molecule has 1 rings (SSSR count). The van der Waals surface area contributed by atoms with Crippen LogP contribution in [0.15, 0.2) is 18.2 Å². The maximum atomic E-state index is 6.07. The Morgan fingerprint density at radius 2 is 2.18 bits per heavy atom. The zero-order valence-electron chi connectivity index (χ0n) is 10.8.